The minimum Gasteiger partial charge on any atom is -0.478 e. The second kappa shape index (κ2) is 5.33. The van der Waals surface area contributed by atoms with E-state index in [1.807, 2.05) is 0 Å². The molecule has 2 rings (SSSR count). The van der Waals surface area contributed by atoms with Crippen LogP contribution < -0.4 is 5.32 Å². The number of carboxylic acids is 1. The van der Waals surface area contributed by atoms with Crippen molar-refractivity contribution in [3.8, 4) is 0 Å². The highest BCUT2D eigenvalue weighted by Gasteiger charge is 2.08. The van der Waals surface area contributed by atoms with Crippen molar-refractivity contribution in [2.75, 3.05) is 5.32 Å². The maximum absolute atomic E-state index is 10.7. The van der Waals surface area contributed by atoms with Gasteiger partial charge in [-0.25, -0.2) is 4.79 Å². The quantitative estimate of drug-likeness (QED) is 0.894. The number of hydrogen-bond donors (Lipinski definition) is 2. The average Bonchev–Trinajstić information content (AvgIpc) is 2.79. The molecule has 4 nitrogen and oxygen atoms in total. The predicted molar refractivity (Wildman–Crippen MR) is 69.5 cm³/mol. The van der Waals surface area contributed by atoms with Gasteiger partial charge in [0.2, 0.25) is 0 Å². The fourth-order valence-corrected chi connectivity index (χ4v) is 1.76. The van der Waals surface area contributed by atoms with Crippen LogP contribution in [0.25, 0.3) is 0 Å². The number of anilines is 1. The third kappa shape index (κ3) is 2.97. The number of nitrogens with one attached hydrogen (secondary N) is 1. The van der Waals surface area contributed by atoms with Gasteiger partial charge in [-0.05, 0) is 24.3 Å². The van der Waals surface area contributed by atoms with E-state index in [4.69, 9.17) is 32.7 Å². The first-order chi connectivity index (χ1) is 8.56. The number of halogens is 2. The van der Waals surface area contributed by atoms with Crippen LogP contribution in [0.5, 0.6) is 0 Å². The molecule has 0 bridgehead atoms. The first kappa shape index (κ1) is 12.8. The Labute approximate surface area is 113 Å². The van der Waals surface area contributed by atoms with Crippen LogP contribution in [0.2, 0.25) is 10.0 Å². The van der Waals surface area contributed by atoms with Gasteiger partial charge in [-0.15, -0.1) is 0 Å². The Morgan fingerprint density at radius 2 is 2.11 bits per heavy atom. The van der Waals surface area contributed by atoms with Crippen LogP contribution in [0.4, 0.5) is 5.69 Å². The minimum atomic E-state index is -1.02. The van der Waals surface area contributed by atoms with Crippen molar-refractivity contribution in [3.05, 3.63) is 51.9 Å². The van der Waals surface area contributed by atoms with Gasteiger partial charge in [-0.3, -0.25) is 0 Å². The standard InChI is InChI=1S/C12H9Cl2NO3/c13-8-1-2-10(14)11(4-8)15-5-9-3-7(6-18-9)12(16)17/h1-4,6,15H,5H2,(H,16,17). The van der Waals surface area contributed by atoms with Gasteiger partial charge in [0.05, 0.1) is 22.8 Å². The fourth-order valence-electron chi connectivity index (χ4n) is 1.40. The van der Waals surface area contributed by atoms with Gasteiger partial charge >= 0.3 is 5.97 Å². The molecule has 1 aromatic carbocycles. The lowest BCUT2D eigenvalue weighted by Gasteiger charge is -2.06. The molecule has 0 fully saturated rings. The van der Waals surface area contributed by atoms with Gasteiger partial charge in [0.15, 0.2) is 0 Å². The van der Waals surface area contributed by atoms with Gasteiger partial charge in [0, 0.05) is 5.02 Å². The van der Waals surface area contributed by atoms with Gasteiger partial charge in [0.25, 0.3) is 0 Å². The van der Waals surface area contributed by atoms with E-state index in [0.717, 1.165) is 0 Å². The van der Waals surface area contributed by atoms with Crippen molar-refractivity contribution in [1.82, 2.24) is 0 Å². The molecule has 2 N–H and O–H groups in total. The Morgan fingerprint density at radius 3 is 2.78 bits per heavy atom. The number of benzene rings is 1. The van der Waals surface area contributed by atoms with Gasteiger partial charge in [-0.2, -0.15) is 0 Å². The Balaban J connectivity index is 2.06. The summed E-state index contributed by atoms with van der Waals surface area (Å²) in [6, 6.07) is 6.50. The number of carboxylic acid groups (broad SMARTS) is 1. The smallest absolute Gasteiger partial charge is 0.338 e. The van der Waals surface area contributed by atoms with E-state index in [9.17, 15) is 4.79 Å². The summed E-state index contributed by atoms with van der Waals surface area (Å²) >= 11 is 11.8. The second-order valence-electron chi connectivity index (χ2n) is 3.58. The van der Waals surface area contributed by atoms with Crippen molar-refractivity contribution in [2.24, 2.45) is 0 Å². The van der Waals surface area contributed by atoms with Crippen LogP contribution >= 0.6 is 23.2 Å². The molecule has 0 amide bonds. The number of rotatable bonds is 4. The fraction of sp³-hybridized carbons (Fsp3) is 0.0833. The first-order valence-corrected chi connectivity index (χ1v) is 5.81. The second-order valence-corrected chi connectivity index (χ2v) is 4.43. The highest BCUT2D eigenvalue weighted by atomic mass is 35.5. The molecule has 0 aliphatic heterocycles. The number of hydrogen-bond acceptors (Lipinski definition) is 3. The van der Waals surface area contributed by atoms with Crippen molar-refractivity contribution in [3.63, 3.8) is 0 Å². The molecule has 1 aromatic heterocycles. The molecule has 2 aromatic rings. The zero-order valence-corrected chi connectivity index (χ0v) is 10.6. The van der Waals surface area contributed by atoms with Crippen LogP contribution in [-0.2, 0) is 6.54 Å². The SMILES string of the molecule is O=C(O)c1coc(CNc2cc(Cl)ccc2Cl)c1. The van der Waals surface area contributed by atoms with Crippen LogP contribution in [0, 0.1) is 0 Å². The lowest BCUT2D eigenvalue weighted by molar-refractivity contribution is 0.0696. The van der Waals surface area contributed by atoms with E-state index in [2.05, 4.69) is 5.32 Å². The third-order valence-corrected chi connectivity index (χ3v) is 2.85. The van der Waals surface area contributed by atoms with E-state index >= 15 is 0 Å². The summed E-state index contributed by atoms with van der Waals surface area (Å²) in [5.41, 5.74) is 0.779. The Kier molecular flexibility index (Phi) is 3.79. The monoisotopic (exact) mass is 285 g/mol. The maximum Gasteiger partial charge on any atom is 0.338 e. The van der Waals surface area contributed by atoms with E-state index in [1.54, 1.807) is 18.2 Å². The lowest BCUT2D eigenvalue weighted by atomic mass is 10.3. The summed E-state index contributed by atoms with van der Waals surface area (Å²) < 4.78 is 5.10. The van der Waals surface area contributed by atoms with E-state index in [1.165, 1.54) is 12.3 Å². The molecular formula is C12H9Cl2NO3. The highest BCUT2D eigenvalue weighted by molar-refractivity contribution is 6.35. The molecule has 18 heavy (non-hydrogen) atoms. The Hall–Kier alpha value is -1.65. The molecule has 94 valence electrons. The normalized spacial score (nSPS) is 10.3. The molecule has 0 radical (unpaired) electrons. The summed E-state index contributed by atoms with van der Waals surface area (Å²) in [4.78, 5) is 10.7. The molecule has 0 atom stereocenters. The summed E-state index contributed by atoms with van der Waals surface area (Å²) in [5.74, 6) is -0.519. The van der Waals surface area contributed by atoms with Crippen molar-refractivity contribution >= 4 is 34.9 Å². The zero-order valence-electron chi connectivity index (χ0n) is 9.11. The number of carbonyl (C=O) groups is 1. The molecule has 0 spiro atoms. The molecule has 0 saturated heterocycles. The van der Waals surface area contributed by atoms with Crippen LogP contribution in [0.15, 0.2) is 34.9 Å². The van der Waals surface area contributed by atoms with Crippen LogP contribution in [0.1, 0.15) is 16.1 Å². The van der Waals surface area contributed by atoms with Crippen molar-refractivity contribution < 1.29 is 14.3 Å². The molecule has 0 unspecified atom stereocenters. The van der Waals surface area contributed by atoms with Crippen LogP contribution in [0.3, 0.4) is 0 Å². The van der Waals surface area contributed by atoms with Gasteiger partial charge in [-0.1, -0.05) is 23.2 Å². The van der Waals surface area contributed by atoms with E-state index in [0.29, 0.717) is 28.0 Å². The summed E-state index contributed by atoms with van der Waals surface area (Å²) in [5, 5.41) is 12.9. The summed E-state index contributed by atoms with van der Waals surface area (Å²) in [6.07, 6.45) is 1.19. The van der Waals surface area contributed by atoms with Crippen molar-refractivity contribution in [1.29, 1.82) is 0 Å². The Morgan fingerprint density at radius 1 is 1.33 bits per heavy atom. The summed E-state index contributed by atoms with van der Waals surface area (Å²) in [7, 11) is 0. The number of furan rings is 1. The minimum absolute atomic E-state index is 0.115. The maximum atomic E-state index is 10.7. The lowest BCUT2D eigenvalue weighted by Crippen LogP contribution is -1.99. The zero-order chi connectivity index (χ0) is 13.1. The molecule has 0 saturated carbocycles. The third-order valence-electron chi connectivity index (χ3n) is 2.28. The molecule has 6 heteroatoms. The molecular weight excluding hydrogens is 277 g/mol. The van der Waals surface area contributed by atoms with E-state index in [-0.39, 0.29) is 5.56 Å². The molecule has 0 aliphatic rings. The number of aromatic carboxylic acids is 1. The van der Waals surface area contributed by atoms with Gasteiger partial charge < -0.3 is 14.8 Å². The summed E-state index contributed by atoms with van der Waals surface area (Å²) in [6.45, 7) is 0.327. The molecule has 1 heterocycles. The van der Waals surface area contributed by atoms with Crippen LogP contribution in [-0.4, -0.2) is 11.1 Å². The van der Waals surface area contributed by atoms with Crippen molar-refractivity contribution in [2.45, 2.75) is 6.54 Å². The highest BCUT2D eigenvalue weighted by Crippen LogP contribution is 2.26. The van der Waals surface area contributed by atoms with E-state index < -0.39 is 5.97 Å². The average molecular weight is 286 g/mol. The first-order valence-electron chi connectivity index (χ1n) is 5.06. The predicted octanol–water partition coefficient (Wildman–Crippen LogP) is 3.90. The molecule has 0 aliphatic carbocycles. The van der Waals surface area contributed by atoms with Gasteiger partial charge in [0.1, 0.15) is 12.0 Å². The largest absolute Gasteiger partial charge is 0.478 e. The Bertz CT molecular complexity index is 580. The topological polar surface area (TPSA) is 62.5 Å².